The summed E-state index contributed by atoms with van der Waals surface area (Å²) in [5, 5.41) is 14.6. The van der Waals surface area contributed by atoms with Gasteiger partial charge < -0.3 is 15.2 Å². The van der Waals surface area contributed by atoms with Gasteiger partial charge in [-0.1, -0.05) is 43.2 Å². The number of carbonyl (C=O) groups is 1. The molecule has 3 rings (SSSR count). The van der Waals surface area contributed by atoms with E-state index in [1.165, 1.54) is 0 Å². The number of aliphatic hydroxyl groups is 1. The topological polar surface area (TPSA) is 58.6 Å². The van der Waals surface area contributed by atoms with Crippen LogP contribution in [0, 0.1) is 5.92 Å². The van der Waals surface area contributed by atoms with E-state index in [9.17, 15) is 9.90 Å². The molecule has 1 saturated carbocycles. The third-order valence-electron chi connectivity index (χ3n) is 5.03. The van der Waals surface area contributed by atoms with Crippen LogP contribution in [0.2, 0.25) is 0 Å². The highest BCUT2D eigenvalue weighted by atomic mass is 16.6. The van der Waals surface area contributed by atoms with Crippen LogP contribution in [0.15, 0.2) is 30.3 Å². The van der Waals surface area contributed by atoms with Gasteiger partial charge in [0, 0.05) is 5.92 Å². The molecule has 1 aromatic rings. The van der Waals surface area contributed by atoms with Crippen LogP contribution in [0.4, 0.5) is 0 Å². The minimum atomic E-state index is -1.50. The van der Waals surface area contributed by atoms with Crippen molar-refractivity contribution in [2.45, 2.75) is 50.2 Å². The molecule has 0 bridgehead atoms. The van der Waals surface area contributed by atoms with E-state index in [-0.39, 0.29) is 12.0 Å². The number of hydrogen-bond acceptors (Lipinski definition) is 4. The van der Waals surface area contributed by atoms with Crippen molar-refractivity contribution in [3.8, 4) is 0 Å². The zero-order valence-electron chi connectivity index (χ0n) is 13.0. The van der Waals surface area contributed by atoms with Crippen molar-refractivity contribution in [3.05, 3.63) is 35.9 Å². The summed E-state index contributed by atoms with van der Waals surface area (Å²) in [7, 11) is 0. The van der Waals surface area contributed by atoms with Crippen molar-refractivity contribution in [3.63, 3.8) is 0 Å². The Morgan fingerprint density at radius 1 is 1.09 bits per heavy atom. The van der Waals surface area contributed by atoms with Crippen molar-refractivity contribution < 1.29 is 14.6 Å². The molecule has 2 fully saturated rings. The van der Waals surface area contributed by atoms with Crippen molar-refractivity contribution in [2.24, 2.45) is 5.92 Å². The van der Waals surface area contributed by atoms with E-state index in [1.807, 2.05) is 30.3 Å². The van der Waals surface area contributed by atoms with Crippen molar-refractivity contribution in [1.29, 1.82) is 0 Å². The van der Waals surface area contributed by atoms with Gasteiger partial charge in [-0.15, -0.1) is 0 Å². The average molecular weight is 303 g/mol. The molecule has 2 N–H and O–H groups in total. The lowest BCUT2D eigenvalue weighted by atomic mass is 9.80. The first-order chi connectivity index (χ1) is 10.7. The normalized spacial score (nSPS) is 23.1. The molecule has 0 amide bonds. The highest BCUT2D eigenvalue weighted by Gasteiger charge is 2.48. The predicted octanol–water partition coefficient (Wildman–Crippen LogP) is 2.36. The Bertz CT molecular complexity index is 492. The summed E-state index contributed by atoms with van der Waals surface area (Å²) < 4.78 is 5.69. The van der Waals surface area contributed by atoms with Gasteiger partial charge in [0.1, 0.15) is 6.10 Å². The lowest BCUT2D eigenvalue weighted by Gasteiger charge is -2.34. The summed E-state index contributed by atoms with van der Waals surface area (Å²) in [4.78, 5) is 12.8. The number of nitrogens with one attached hydrogen (secondary N) is 1. The number of ether oxygens (including phenoxy) is 1. The first-order valence-electron chi connectivity index (χ1n) is 8.41. The third kappa shape index (κ3) is 3.03. The number of esters is 1. The third-order valence-corrected chi connectivity index (χ3v) is 5.03. The lowest BCUT2D eigenvalue weighted by Crippen LogP contribution is -2.46. The second-order valence-electron chi connectivity index (χ2n) is 6.47. The highest BCUT2D eigenvalue weighted by molar-refractivity contribution is 5.81. The summed E-state index contributed by atoms with van der Waals surface area (Å²) in [5.41, 5.74) is -0.830. The minimum absolute atomic E-state index is 0.0379. The standard InChI is InChI=1S/C18H25NO3/c20-17(22-16-10-12-19-13-11-16)18(21,15-8-4-5-9-15)14-6-2-1-3-7-14/h1-3,6-7,15-16,19,21H,4-5,8-13H2. The SMILES string of the molecule is O=C(OC1CCNCC1)C(O)(c1ccccc1)C1CCCC1. The smallest absolute Gasteiger partial charge is 0.343 e. The van der Waals surface area contributed by atoms with Gasteiger partial charge in [0.2, 0.25) is 0 Å². The summed E-state index contributed by atoms with van der Waals surface area (Å²) in [6, 6.07) is 9.31. The van der Waals surface area contributed by atoms with Gasteiger partial charge in [0.25, 0.3) is 0 Å². The zero-order valence-corrected chi connectivity index (χ0v) is 13.0. The molecular formula is C18H25NO3. The molecule has 1 saturated heterocycles. The molecule has 2 aliphatic rings. The van der Waals surface area contributed by atoms with E-state index in [4.69, 9.17) is 4.74 Å². The van der Waals surface area contributed by atoms with Gasteiger partial charge in [-0.25, -0.2) is 4.79 Å². The van der Waals surface area contributed by atoms with Crippen molar-refractivity contribution in [1.82, 2.24) is 5.32 Å². The number of benzene rings is 1. The molecule has 1 aliphatic carbocycles. The molecule has 0 aromatic heterocycles. The zero-order chi connectivity index (χ0) is 15.4. The van der Waals surface area contributed by atoms with Gasteiger partial charge in [0.05, 0.1) is 0 Å². The quantitative estimate of drug-likeness (QED) is 0.838. The maximum absolute atomic E-state index is 12.8. The molecule has 1 aromatic carbocycles. The second kappa shape index (κ2) is 6.80. The summed E-state index contributed by atoms with van der Waals surface area (Å²) in [5.74, 6) is -0.499. The fourth-order valence-electron chi connectivity index (χ4n) is 3.71. The maximum Gasteiger partial charge on any atom is 0.343 e. The molecule has 1 unspecified atom stereocenters. The van der Waals surface area contributed by atoms with Crippen LogP contribution in [0.3, 0.4) is 0 Å². The number of hydrogen-bond donors (Lipinski definition) is 2. The lowest BCUT2D eigenvalue weighted by molar-refractivity contribution is -0.180. The summed E-state index contributed by atoms with van der Waals surface area (Å²) in [6.07, 6.45) is 5.47. The Morgan fingerprint density at radius 2 is 1.73 bits per heavy atom. The summed E-state index contributed by atoms with van der Waals surface area (Å²) in [6.45, 7) is 1.73. The monoisotopic (exact) mass is 303 g/mol. The average Bonchev–Trinajstić information content (AvgIpc) is 3.11. The Morgan fingerprint density at radius 3 is 2.36 bits per heavy atom. The van der Waals surface area contributed by atoms with Gasteiger partial charge in [-0.3, -0.25) is 0 Å². The molecule has 22 heavy (non-hydrogen) atoms. The summed E-state index contributed by atoms with van der Waals surface area (Å²) >= 11 is 0. The second-order valence-corrected chi connectivity index (χ2v) is 6.47. The van der Waals surface area contributed by atoms with Gasteiger partial charge >= 0.3 is 5.97 Å². The molecule has 120 valence electrons. The predicted molar refractivity (Wildman–Crippen MR) is 84.3 cm³/mol. The van der Waals surface area contributed by atoms with Crippen LogP contribution in [0.5, 0.6) is 0 Å². The van der Waals surface area contributed by atoms with Crippen LogP contribution >= 0.6 is 0 Å². The molecule has 4 heteroatoms. The van der Waals surface area contributed by atoms with E-state index in [1.54, 1.807) is 0 Å². The highest BCUT2D eigenvalue weighted by Crippen LogP contribution is 2.41. The van der Waals surface area contributed by atoms with Gasteiger partial charge in [0.15, 0.2) is 5.60 Å². The Hall–Kier alpha value is -1.39. The molecule has 1 atom stereocenters. The van der Waals surface area contributed by atoms with Crippen LogP contribution in [-0.2, 0) is 15.1 Å². The molecular weight excluding hydrogens is 278 g/mol. The van der Waals surface area contributed by atoms with Crippen LogP contribution in [-0.4, -0.2) is 30.3 Å². The fraction of sp³-hybridized carbons (Fsp3) is 0.611. The minimum Gasteiger partial charge on any atom is -0.460 e. The van der Waals surface area contributed by atoms with E-state index in [0.29, 0.717) is 5.56 Å². The Labute approximate surface area is 131 Å². The fourth-order valence-corrected chi connectivity index (χ4v) is 3.71. The van der Waals surface area contributed by atoms with Crippen LogP contribution < -0.4 is 5.32 Å². The van der Waals surface area contributed by atoms with Gasteiger partial charge in [-0.2, -0.15) is 0 Å². The molecule has 1 aliphatic heterocycles. The molecule has 0 spiro atoms. The van der Waals surface area contributed by atoms with Crippen LogP contribution in [0.25, 0.3) is 0 Å². The van der Waals surface area contributed by atoms with Gasteiger partial charge in [-0.05, 0) is 44.3 Å². The Kier molecular flexibility index (Phi) is 4.79. The van der Waals surface area contributed by atoms with E-state index in [2.05, 4.69) is 5.32 Å². The number of carbonyl (C=O) groups excluding carboxylic acids is 1. The van der Waals surface area contributed by atoms with E-state index >= 15 is 0 Å². The largest absolute Gasteiger partial charge is 0.460 e. The van der Waals surface area contributed by atoms with Crippen molar-refractivity contribution in [2.75, 3.05) is 13.1 Å². The van der Waals surface area contributed by atoms with E-state index in [0.717, 1.165) is 51.6 Å². The maximum atomic E-state index is 12.8. The molecule has 0 radical (unpaired) electrons. The van der Waals surface area contributed by atoms with E-state index < -0.39 is 11.6 Å². The Balaban J connectivity index is 1.82. The van der Waals surface area contributed by atoms with Crippen LogP contribution in [0.1, 0.15) is 44.1 Å². The number of rotatable bonds is 4. The first-order valence-corrected chi connectivity index (χ1v) is 8.41. The molecule has 4 nitrogen and oxygen atoms in total. The first kappa shape index (κ1) is 15.5. The molecule has 1 heterocycles. The van der Waals surface area contributed by atoms with Crippen molar-refractivity contribution >= 4 is 5.97 Å². The number of piperidine rings is 1.